The number of nitrogens with one attached hydrogen (secondary N) is 2. The van der Waals surface area contributed by atoms with Crippen molar-refractivity contribution < 1.29 is 0 Å². The van der Waals surface area contributed by atoms with Crippen molar-refractivity contribution in [3.8, 4) is 0 Å². The zero-order chi connectivity index (χ0) is 12.8. The summed E-state index contributed by atoms with van der Waals surface area (Å²) in [6.45, 7) is 0. The van der Waals surface area contributed by atoms with Crippen LogP contribution < -0.4 is 11.5 Å². The zero-order valence-corrected chi connectivity index (χ0v) is 12.2. The van der Waals surface area contributed by atoms with Crippen molar-refractivity contribution >= 4 is 49.8 Å². The van der Waals surface area contributed by atoms with Gasteiger partial charge in [0.2, 0.25) is 0 Å². The van der Waals surface area contributed by atoms with Crippen LogP contribution in [0.2, 0.25) is 0 Å². The Morgan fingerprint density at radius 2 is 1.59 bits per heavy atom. The van der Waals surface area contributed by atoms with Crippen LogP contribution in [0.15, 0.2) is 22.7 Å². The Labute approximate surface area is 117 Å². The van der Waals surface area contributed by atoms with E-state index in [0.29, 0.717) is 11.5 Å². The molecule has 0 aliphatic carbocycles. The molecule has 0 atom stereocenters. The molecule has 0 saturated carbocycles. The van der Waals surface area contributed by atoms with Crippen LogP contribution in [-0.2, 0) is 11.5 Å². The fourth-order valence-electron chi connectivity index (χ4n) is 1.18. The van der Waals surface area contributed by atoms with Gasteiger partial charge in [-0.1, -0.05) is 45.5 Å². The molecule has 1 aromatic rings. The van der Waals surface area contributed by atoms with Crippen LogP contribution in [0.25, 0.3) is 0 Å². The van der Waals surface area contributed by atoms with Gasteiger partial charge in [-0.3, -0.25) is 10.8 Å². The van der Waals surface area contributed by atoms with Crippen molar-refractivity contribution in [3.05, 3.63) is 33.8 Å². The molecule has 17 heavy (non-hydrogen) atoms. The van der Waals surface area contributed by atoms with Gasteiger partial charge in [0.25, 0.3) is 0 Å². The van der Waals surface area contributed by atoms with Crippen molar-refractivity contribution in [2.24, 2.45) is 11.5 Å². The number of amidine groups is 2. The van der Waals surface area contributed by atoms with Crippen LogP contribution in [0.4, 0.5) is 0 Å². The SMILES string of the molecule is N=C(N)SCc1ccc(Br)cc1CSC(=N)N. The maximum atomic E-state index is 7.21. The van der Waals surface area contributed by atoms with E-state index in [0.717, 1.165) is 15.6 Å². The summed E-state index contributed by atoms with van der Waals surface area (Å²) >= 11 is 5.99. The summed E-state index contributed by atoms with van der Waals surface area (Å²) < 4.78 is 0.994. The number of halogens is 1. The molecule has 1 aromatic carbocycles. The Hall–Kier alpha value is -0.660. The van der Waals surface area contributed by atoms with E-state index in [4.69, 9.17) is 22.3 Å². The van der Waals surface area contributed by atoms with Crippen LogP contribution in [0, 0.1) is 10.8 Å². The molecule has 1 rings (SSSR count). The first-order valence-corrected chi connectivity index (χ1v) is 7.46. The highest BCUT2D eigenvalue weighted by atomic mass is 79.9. The van der Waals surface area contributed by atoms with Gasteiger partial charge in [0.05, 0.1) is 0 Å². The van der Waals surface area contributed by atoms with Crippen LogP contribution in [0.1, 0.15) is 11.1 Å². The number of thioether (sulfide) groups is 2. The third-order valence-electron chi connectivity index (χ3n) is 1.93. The van der Waals surface area contributed by atoms with Crippen LogP contribution >= 0.6 is 39.5 Å². The Morgan fingerprint density at radius 1 is 1.06 bits per heavy atom. The van der Waals surface area contributed by atoms with E-state index in [9.17, 15) is 0 Å². The molecule has 0 fully saturated rings. The Bertz CT molecular complexity index is 436. The smallest absolute Gasteiger partial charge is 0.151 e. The number of rotatable bonds is 4. The van der Waals surface area contributed by atoms with Gasteiger partial charge in [-0.15, -0.1) is 0 Å². The number of hydrogen-bond donors (Lipinski definition) is 4. The van der Waals surface area contributed by atoms with E-state index in [-0.39, 0.29) is 10.3 Å². The van der Waals surface area contributed by atoms with Gasteiger partial charge < -0.3 is 11.5 Å². The summed E-state index contributed by atoms with van der Waals surface area (Å²) in [5.74, 6) is 1.32. The number of nitrogens with two attached hydrogens (primary N) is 2. The van der Waals surface area contributed by atoms with Crippen LogP contribution in [-0.4, -0.2) is 10.3 Å². The molecule has 4 nitrogen and oxygen atoms in total. The topological polar surface area (TPSA) is 99.7 Å². The first kappa shape index (κ1) is 14.4. The maximum Gasteiger partial charge on any atom is 0.151 e. The molecule has 0 bridgehead atoms. The summed E-state index contributed by atoms with van der Waals surface area (Å²) in [4.78, 5) is 0. The van der Waals surface area contributed by atoms with Gasteiger partial charge in [0, 0.05) is 16.0 Å². The molecular formula is C10H13BrN4S2. The summed E-state index contributed by atoms with van der Waals surface area (Å²) in [6, 6.07) is 5.96. The van der Waals surface area contributed by atoms with Crippen LogP contribution in [0.3, 0.4) is 0 Å². The lowest BCUT2D eigenvalue weighted by atomic mass is 10.1. The third-order valence-corrected chi connectivity index (χ3v) is 3.96. The van der Waals surface area contributed by atoms with Crippen molar-refractivity contribution in [2.45, 2.75) is 11.5 Å². The largest absolute Gasteiger partial charge is 0.379 e. The van der Waals surface area contributed by atoms with E-state index in [1.807, 2.05) is 18.2 Å². The van der Waals surface area contributed by atoms with E-state index >= 15 is 0 Å². The van der Waals surface area contributed by atoms with Gasteiger partial charge in [-0.25, -0.2) is 0 Å². The Balaban J connectivity index is 2.79. The van der Waals surface area contributed by atoms with E-state index in [2.05, 4.69) is 15.9 Å². The molecule has 0 aliphatic rings. The first-order chi connectivity index (χ1) is 7.99. The monoisotopic (exact) mass is 332 g/mol. The predicted molar refractivity (Wildman–Crippen MR) is 80.6 cm³/mol. The van der Waals surface area contributed by atoms with Crippen molar-refractivity contribution in [3.63, 3.8) is 0 Å². The molecule has 0 saturated heterocycles. The molecule has 0 amide bonds. The van der Waals surface area contributed by atoms with E-state index in [1.165, 1.54) is 23.5 Å². The molecular weight excluding hydrogens is 320 g/mol. The molecule has 0 spiro atoms. The molecule has 6 N–H and O–H groups in total. The second-order valence-corrected chi connectivity index (χ2v) is 6.17. The summed E-state index contributed by atoms with van der Waals surface area (Å²) in [5, 5.41) is 14.6. The van der Waals surface area contributed by atoms with Gasteiger partial charge >= 0.3 is 0 Å². The van der Waals surface area contributed by atoms with Crippen LogP contribution in [0.5, 0.6) is 0 Å². The highest BCUT2D eigenvalue weighted by Crippen LogP contribution is 2.24. The average Bonchev–Trinajstić information content (AvgIpc) is 2.24. The van der Waals surface area contributed by atoms with Crippen molar-refractivity contribution in [1.82, 2.24) is 0 Å². The van der Waals surface area contributed by atoms with Gasteiger partial charge in [-0.2, -0.15) is 0 Å². The van der Waals surface area contributed by atoms with Gasteiger partial charge in [0.1, 0.15) is 0 Å². The molecule has 0 radical (unpaired) electrons. The molecule has 92 valence electrons. The number of hydrogen-bond acceptors (Lipinski definition) is 4. The second kappa shape index (κ2) is 6.93. The zero-order valence-electron chi connectivity index (χ0n) is 9.00. The predicted octanol–water partition coefficient (Wildman–Crippen LogP) is 2.70. The average molecular weight is 333 g/mol. The fourth-order valence-corrected chi connectivity index (χ4v) is 2.76. The minimum Gasteiger partial charge on any atom is -0.379 e. The lowest BCUT2D eigenvalue weighted by Crippen LogP contribution is -2.06. The first-order valence-electron chi connectivity index (χ1n) is 4.70. The van der Waals surface area contributed by atoms with Gasteiger partial charge in [0.15, 0.2) is 10.3 Å². The Morgan fingerprint density at radius 3 is 2.12 bits per heavy atom. The summed E-state index contributed by atoms with van der Waals surface area (Å²) in [5.41, 5.74) is 12.9. The summed E-state index contributed by atoms with van der Waals surface area (Å²) in [6.07, 6.45) is 0. The highest BCUT2D eigenvalue weighted by molar-refractivity contribution is 9.10. The lowest BCUT2D eigenvalue weighted by Gasteiger charge is -2.09. The van der Waals surface area contributed by atoms with Gasteiger partial charge in [-0.05, 0) is 23.3 Å². The lowest BCUT2D eigenvalue weighted by molar-refractivity contribution is 1.28. The normalized spacial score (nSPS) is 10.2. The standard InChI is InChI=1S/C10H13BrN4S2/c11-8-2-1-6(4-16-9(12)13)7(3-8)5-17-10(14)15/h1-3H,4-5H2,(H3,12,13)(H3,14,15). The fraction of sp³-hybridized carbons (Fsp3) is 0.200. The third kappa shape index (κ3) is 5.47. The molecule has 7 heteroatoms. The number of benzene rings is 1. The molecule has 0 heterocycles. The maximum absolute atomic E-state index is 7.21. The molecule has 0 aromatic heterocycles. The molecule has 0 aliphatic heterocycles. The quantitative estimate of drug-likeness (QED) is 0.503. The highest BCUT2D eigenvalue weighted by Gasteiger charge is 2.05. The van der Waals surface area contributed by atoms with Crippen molar-refractivity contribution in [1.29, 1.82) is 10.8 Å². The molecule has 0 unspecified atom stereocenters. The van der Waals surface area contributed by atoms with Crippen molar-refractivity contribution in [2.75, 3.05) is 0 Å². The summed E-state index contributed by atoms with van der Waals surface area (Å²) in [7, 11) is 0. The minimum atomic E-state index is 0.107. The van der Waals surface area contributed by atoms with E-state index < -0.39 is 0 Å². The minimum absolute atomic E-state index is 0.107. The van der Waals surface area contributed by atoms with E-state index in [1.54, 1.807) is 0 Å². The Kier molecular flexibility index (Phi) is 5.87. The second-order valence-electron chi connectivity index (χ2n) is 3.22.